The molecule has 24 heavy (non-hydrogen) atoms. The van der Waals surface area contributed by atoms with Crippen LogP contribution in [0.1, 0.15) is 24.8 Å². The van der Waals surface area contributed by atoms with Crippen molar-refractivity contribution < 1.29 is 14.3 Å². The molecule has 1 aromatic carbocycles. The summed E-state index contributed by atoms with van der Waals surface area (Å²) in [7, 11) is 1.54. The fraction of sp³-hybridized carbons (Fsp3) is 0.588. The number of hydrogen-bond acceptors (Lipinski definition) is 5. The summed E-state index contributed by atoms with van der Waals surface area (Å²) in [6, 6.07) is 3.67. The quantitative estimate of drug-likeness (QED) is 0.626. The monoisotopic (exact) mass is 355 g/mol. The topological polar surface area (TPSA) is 76.8 Å². The van der Waals surface area contributed by atoms with Crippen molar-refractivity contribution in [3.8, 4) is 11.5 Å². The van der Waals surface area contributed by atoms with Gasteiger partial charge in [0.05, 0.1) is 12.1 Å². The van der Waals surface area contributed by atoms with E-state index in [0.29, 0.717) is 23.1 Å². The van der Waals surface area contributed by atoms with Gasteiger partial charge in [-0.3, -0.25) is 4.79 Å². The first-order valence-corrected chi connectivity index (χ1v) is 8.68. The van der Waals surface area contributed by atoms with Gasteiger partial charge in [-0.2, -0.15) is 0 Å². The van der Waals surface area contributed by atoms with Crippen molar-refractivity contribution in [2.24, 2.45) is 5.73 Å². The van der Waals surface area contributed by atoms with E-state index in [1.807, 2.05) is 12.1 Å². The highest BCUT2D eigenvalue weighted by molar-refractivity contribution is 6.32. The van der Waals surface area contributed by atoms with E-state index in [4.69, 9.17) is 26.8 Å². The van der Waals surface area contributed by atoms with Crippen molar-refractivity contribution in [2.45, 2.75) is 25.8 Å². The Balaban J connectivity index is 1.81. The van der Waals surface area contributed by atoms with Gasteiger partial charge in [-0.05, 0) is 63.1 Å². The molecule has 1 heterocycles. The average molecular weight is 356 g/mol. The van der Waals surface area contributed by atoms with E-state index in [2.05, 4.69) is 10.2 Å². The van der Waals surface area contributed by atoms with Crippen LogP contribution in [0.3, 0.4) is 0 Å². The summed E-state index contributed by atoms with van der Waals surface area (Å²) in [5, 5.41) is 3.82. The molecule has 0 bridgehead atoms. The number of nitrogens with zero attached hydrogens (tertiary/aromatic N) is 1. The van der Waals surface area contributed by atoms with Gasteiger partial charge >= 0.3 is 0 Å². The zero-order chi connectivity index (χ0) is 17.4. The summed E-state index contributed by atoms with van der Waals surface area (Å²) in [6.07, 6.45) is 3.79. The number of halogens is 1. The molecule has 0 aliphatic carbocycles. The molecule has 1 aromatic rings. The summed E-state index contributed by atoms with van der Waals surface area (Å²) in [4.78, 5) is 13.4. The highest BCUT2D eigenvalue weighted by Crippen LogP contribution is 2.36. The largest absolute Gasteiger partial charge is 0.493 e. The average Bonchev–Trinajstić information content (AvgIpc) is 3.06. The molecule has 0 saturated carbocycles. The van der Waals surface area contributed by atoms with Gasteiger partial charge in [0.2, 0.25) is 0 Å². The summed E-state index contributed by atoms with van der Waals surface area (Å²) < 4.78 is 10.6. The van der Waals surface area contributed by atoms with E-state index in [0.717, 1.165) is 25.1 Å². The molecule has 0 aromatic heterocycles. The molecule has 0 radical (unpaired) electrons. The minimum absolute atomic E-state index is 0.232. The zero-order valence-electron chi connectivity index (χ0n) is 14.1. The zero-order valence-corrected chi connectivity index (χ0v) is 14.9. The van der Waals surface area contributed by atoms with Crippen molar-refractivity contribution in [3.63, 3.8) is 0 Å². The maximum Gasteiger partial charge on any atom is 0.255 e. The maximum absolute atomic E-state index is 10.8. The first kappa shape index (κ1) is 18.8. The Morgan fingerprint density at radius 3 is 2.79 bits per heavy atom. The van der Waals surface area contributed by atoms with Crippen molar-refractivity contribution in [3.05, 3.63) is 22.7 Å². The summed E-state index contributed by atoms with van der Waals surface area (Å²) >= 11 is 6.23. The van der Waals surface area contributed by atoms with Crippen LogP contribution in [0.15, 0.2) is 12.1 Å². The lowest BCUT2D eigenvalue weighted by Gasteiger charge is -2.15. The van der Waals surface area contributed by atoms with Crippen LogP contribution < -0.4 is 20.5 Å². The molecule has 1 aliphatic rings. The Kier molecular flexibility index (Phi) is 7.62. The number of rotatable bonds is 10. The predicted molar refractivity (Wildman–Crippen MR) is 94.7 cm³/mol. The summed E-state index contributed by atoms with van der Waals surface area (Å²) in [6.45, 7) is 5.04. The number of likely N-dealkylation sites (tertiary alicyclic amines) is 1. The van der Waals surface area contributed by atoms with Gasteiger partial charge in [0.15, 0.2) is 18.1 Å². The number of nitrogens with two attached hydrogens (primary N) is 1. The van der Waals surface area contributed by atoms with Crippen LogP contribution in [-0.2, 0) is 11.3 Å². The molecule has 0 atom stereocenters. The Hall–Kier alpha value is -1.50. The lowest BCUT2D eigenvalue weighted by Crippen LogP contribution is -2.24. The van der Waals surface area contributed by atoms with Gasteiger partial charge < -0.3 is 25.4 Å². The third kappa shape index (κ3) is 5.85. The van der Waals surface area contributed by atoms with Crippen LogP contribution in [-0.4, -0.2) is 50.7 Å². The first-order valence-electron chi connectivity index (χ1n) is 8.30. The number of amides is 1. The number of methoxy groups -OCH3 is 1. The second-order valence-corrected chi connectivity index (χ2v) is 6.35. The second-order valence-electron chi connectivity index (χ2n) is 5.94. The smallest absolute Gasteiger partial charge is 0.255 e. The highest BCUT2D eigenvalue weighted by atomic mass is 35.5. The van der Waals surface area contributed by atoms with Crippen LogP contribution in [0.4, 0.5) is 0 Å². The Morgan fingerprint density at radius 1 is 1.38 bits per heavy atom. The minimum atomic E-state index is -0.558. The van der Waals surface area contributed by atoms with Gasteiger partial charge in [0.25, 0.3) is 5.91 Å². The Bertz CT molecular complexity index is 548. The van der Waals surface area contributed by atoms with Gasteiger partial charge in [-0.1, -0.05) is 11.6 Å². The maximum atomic E-state index is 10.8. The molecule has 2 rings (SSSR count). The number of ether oxygens (including phenoxy) is 2. The molecule has 1 saturated heterocycles. The van der Waals surface area contributed by atoms with E-state index >= 15 is 0 Å². The first-order chi connectivity index (χ1) is 11.6. The van der Waals surface area contributed by atoms with Crippen LogP contribution >= 0.6 is 11.6 Å². The van der Waals surface area contributed by atoms with Crippen LogP contribution in [0.5, 0.6) is 11.5 Å². The molecule has 134 valence electrons. The van der Waals surface area contributed by atoms with E-state index in [1.165, 1.54) is 33.0 Å². The summed E-state index contributed by atoms with van der Waals surface area (Å²) in [5.41, 5.74) is 6.09. The Morgan fingerprint density at radius 2 is 2.12 bits per heavy atom. The minimum Gasteiger partial charge on any atom is -0.493 e. The lowest BCUT2D eigenvalue weighted by atomic mass is 10.2. The highest BCUT2D eigenvalue weighted by Gasteiger charge is 2.13. The van der Waals surface area contributed by atoms with Gasteiger partial charge in [0, 0.05) is 6.54 Å². The molecule has 3 N–H and O–H groups in total. The summed E-state index contributed by atoms with van der Waals surface area (Å²) in [5.74, 6) is 0.283. The van der Waals surface area contributed by atoms with Crippen LogP contribution in [0.25, 0.3) is 0 Å². The standard InChI is InChI=1S/C17H26ClN3O3/c1-23-15-10-13(9-14(18)17(15)24-12-16(19)22)11-20-5-4-8-21-6-2-3-7-21/h9-10,20H,2-8,11-12H2,1H3,(H2,19,22). The number of benzene rings is 1. The normalized spacial score (nSPS) is 14.8. The number of nitrogens with one attached hydrogen (secondary N) is 1. The molecule has 7 heteroatoms. The Labute approximate surface area is 148 Å². The third-order valence-electron chi connectivity index (χ3n) is 4.00. The van der Waals surface area contributed by atoms with Crippen molar-refractivity contribution >= 4 is 17.5 Å². The third-order valence-corrected chi connectivity index (χ3v) is 4.28. The van der Waals surface area contributed by atoms with E-state index < -0.39 is 5.91 Å². The molecular formula is C17H26ClN3O3. The van der Waals surface area contributed by atoms with Crippen LogP contribution in [0.2, 0.25) is 5.02 Å². The predicted octanol–water partition coefficient (Wildman–Crippen LogP) is 1.79. The number of carbonyl (C=O) groups is 1. The molecule has 1 fully saturated rings. The van der Waals surface area contributed by atoms with Crippen molar-refractivity contribution in [2.75, 3.05) is 39.9 Å². The van der Waals surface area contributed by atoms with Gasteiger partial charge in [-0.15, -0.1) is 0 Å². The lowest BCUT2D eigenvalue weighted by molar-refractivity contribution is -0.119. The van der Waals surface area contributed by atoms with E-state index in [1.54, 1.807) is 0 Å². The van der Waals surface area contributed by atoms with Crippen molar-refractivity contribution in [1.29, 1.82) is 0 Å². The van der Waals surface area contributed by atoms with E-state index in [9.17, 15) is 4.79 Å². The van der Waals surface area contributed by atoms with Crippen molar-refractivity contribution in [1.82, 2.24) is 10.2 Å². The molecule has 0 spiro atoms. The molecule has 0 unspecified atom stereocenters. The number of hydrogen-bond donors (Lipinski definition) is 2. The molecule has 6 nitrogen and oxygen atoms in total. The molecule has 1 aliphatic heterocycles. The van der Waals surface area contributed by atoms with Crippen LogP contribution in [0, 0.1) is 0 Å². The number of carbonyl (C=O) groups excluding carboxylic acids is 1. The fourth-order valence-corrected chi connectivity index (χ4v) is 3.11. The van der Waals surface area contributed by atoms with E-state index in [-0.39, 0.29) is 6.61 Å². The van der Waals surface area contributed by atoms with Gasteiger partial charge in [-0.25, -0.2) is 0 Å². The fourth-order valence-electron chi connectivity index (χ4n) is 2.83. The SMILES string of the molecule is COc1cc(CNCCCN2CCCC2)cc(Cl)c1OCC(N)=O. The molecular weight excluding hydrogens is 330 g/mol. The second kappa shape index (κ2) is 9.71. The number of primary amides is 1. The van der Waals surface area contributed by atoms with Gasteiger partial charge in [0.1, 0.15) is 0 Å². The molecule has 1 amide bonds.